The molecule has 6 nitrogen and oxygen atoms in total. The van der Waals surface area contributed by atoms with Gasteiger partial charge in [-0.25, -0.2) is 0 Å². The number of anilines is 2. The van der Waals surface area contributed by atoms with E-state index in [1.54, 1.807) is 6.07 Å². The van der Waals surface area contributed by atoms with Gasteiger partial charge in [0.05, 0.1) is 6.61 Å². The molecule has 108 valence electrons. The maximum atomic E-state index is 5.63. The van der Waals surface area contributed by atoms with Gasteiger partial charge in [-0.05, 0) is 12.3 Å². The lowest BCUT2D eigenvalue weighted by atomic mass is 10.2. The highest BCUT2D eigenvalue weighted by molar-refractivity contribution is 5.42. The monoisotopic (exact) mass is 268 g/mol. The Morgan fingerprint density at radius 1 is 1.32 bits per heavy atom. The Kier molecular flexibility index (Phi) is 6.95. The van der Waals surface area contributed by atoms with Gasteiger partial charge in [0.2, 0.25) is 11.8 Å². The van der Waals surface area contributed by atoms with Crippen LogP contribution in [0.3, 0.4) is 0 Å². The summed E-state index contributed by atoms with van der Waals surface area (Å²) in [4.78, 5) is 8.11. The van der Waals surface area contributed by atoms with E-state index in [0.717, 1.165) is 19.6 Å². The first kappa shape index (κ1) is 15.5. The number of ether oxygens (including phenoxy) is 2. The van der Waals surface area contributed by atoms with Crippen molar-refractivity contribution < 1.29 is 9.47 Å². The second kappa shape index (κ2) is 8.53. The minimum Gasteiger partial charge on any atom is -0.475 e. The minimum atomic E-state index is 0.208. The van der Waals surface area contributed by atoms with E-state index in [2.05, 4.69) is 36.1 Å². The van der Waals surface area contributed by atoms with Crippen LogP contribution in [-0.4, -0.2) is 36.3 Å². The zero-order valence-corrected chi connectivity index (χ0v) is 12.0. The number of nitrogen functional groups attached to an aromatic ring is 1. The van der Waals surface area contributed by atoms with Gasteiger partial charge in [-0.3, -0.25) is 0 Å². The van der Waals surface area contributed by atoms with Crippen molar-refractivity contribution in [3.05, 3.63) is 6.07 Å². The molecule has 0 unspecified atom stereocenters. The third-order valence-electron chi connectivity index (χ3n) is 2.20. The van der Waals surface area contributed by atoms with E-state index in [4.69, 9.17) is 15.2 Å². The molecular weight excluding hydrogens is 244 g/mol. The average molecular weight is 268 g/mol. The summed E-state index contributed by atoms with van der Waals surface area (Å²) in [5, 5.41) is 3.15. The molecule has 0 amide bonds. The van der Waals surface area contributed by atoms with Crippen LogP contribution in [0.2, 0.25) is 0 Å². The van der Waals surface area contributed by atoms with Gasteiger partial charge in [-0.2, -0.15) is 9.97 Å². The summed E-state index contributed by atoms with van der Waals surface area (Å²) >= 11 is 0. The molecule has 19 heavy (non-hydrogen) atoms. The molecule has 0 aliphatic heterocycles. The predicted molar refractivity (Wildman–Crippen MR) is 76.4 cm³/mol. The predicted octanol–water partition coefficient (Wildman–Crippen LogP) is 1.93. The Balaban J connectivity index is 2.38. The van der Waals surface area contributed by atoms with Crippen LogP contribution < -0.4 is 15.8 Å². The molecule has 0 spiro atoms. The first-order valence-corrected chi connectivity index (χ1v) is 6.70. The number of aromatic nitrogens is 2. The largest absolute Gasteiger partial charge is 0.475 e. The summed E-state index contributed by atoms with van der Waals surface area (Å²) in [6.07, 6.45) is 1.02. The molecule has 3 N–H and O–H groups in total. The summed E-state index contributed by atoms with van der Waals surface area (Å²) in [5.74, 6) is 1.89. The van der Waals surface area contributed by atoms with E-state index in [1.165, 1.54) is 0 Å². The number of nitrogens with two attached hydrogens (primary N) is 1. The van der Waals surface area contributed by atoms with E-state index in [0.29, 0.717) is 30.8 Å². The molecule has 0 radical (unpaired) electrons. The third-order valence-corrected chi connectivity index (χ3v) is 2.20. The van der Waals surface area contributed by atoms with Crippen molar-refractivity contribution in [1.29, 1.82) is 0 Å². The zero-order chi connectivity index (χ0) is 14.1. The highest BCUT2D eigenvalue weighted by atomic mass is 16.5. The molecule has 1 heterocycles. The van der Waals surface area contributed by atoms with Gasteiger partial charge in [0.1, 0.15) is 12.4 Å². The molecule has 1 rings (SSSR count). The average Bonchev–Trinajstić information content (AvgIpc) is 2.35. The van der Waals surface area contributed by atoms with Crippen LogP contribution in [0.5, 0.6) is 5.88 Å². The topological polar surface area (TPSA) is 82.3 Å². The summed E-state index contributed by atoms with van der Waals surface area (Å²) in [7, 11) is 0. The maximum Gasteiger partial charge on any atom is 0.225 e. The van der Waals surface area contributed by atoms with Gasteiger partial charge in [0.15, 0.2) is 0 Å². The highest BCUT2D eigenvalue weighted by Crippen LogP contribution is 2.14. The fraction of sp³-hybridized carbons (Fsp3) is 0.692. The lowest BCUT2D eigenvalue weighted by molar-refractivity contribution is 0.0806. The van der Waals surface area contributed by atoms with E-state index >= 15 is 0 Å². The van der Waals surface area contributed by atoms with Crippen molar-refractivity contribution in [3.8, 4) is 5.88 Å². The molecule has 0 aliphatic carbocycles. The van der Waals surface area contributed by atoms with Crippen LogP contribution >= 0.6 is 0 Å². The van der Waals surface area contributed by atoms with Crippen LogP contribution in [0.25, 0.3) is 0 Å². The summed E-state index contributed by atoms with van der Waals surface area (Å²) < 4.78 is 10.9. The van der Waals surface area contributed by atoms with Crippen molar-refractivity contribution in [2.45, 2.75) is 27.2 Å². The third kappa shape index (κ3) is 6.81. The van der Waals surface area contributed by atoms with Gasteiger partial charge in [-0.1, -0.05) is 20.8 Å². The van der Waals surface area contributed by atoms with E-state index in [-0.39, 0.29) is 5.95 Å². The Hall–Kier alpha value is -1.56. The summed E-state index contributed by atoms with van der Waals surface area (Å²) in [5.41, 5.74) is 5.63. The zero-order valence-electron chi connectivity index (χ0n) is 12.0. The lowest BCUT2D eigenvalue weighted by Gasteiger charge is -2.10. The van der Waals surface area contributed by atoms with Crippen molar-refractivity contribution in [3.63, 3.8) is 0 Å². The van der Waals surface area contributed by atoms with Crippen LogP contribution in [-0.2, 0) is 4.74 Å². The van der Waals surface area contributed by atoms with Crippen molar-refractivity contribution in [2.75, 3.05) is 37.4 Å². The molecule has 0 atom stereocenters. The molecule has 1 aromatic heterocycles. The van der Waals surface area contributed by atoms with Crippen LogP contribution in [0, 0.1) is 5.92 Å². The number of hydrogen-bond acceptors (Lipinski definition) is 6. The quantitative estimate of drug-likeness (QED) is 0.666. The van der Waals surface area contributed by atoms with E-state index in [1.807, 2.05) is 0 Å². The molecule has 0 bridgehead atoms. The molecule has 0 aliphatic rings. The standard InChI is InChI=1S/C13H24N4O2/c1-4-5-15-11-8-12(17-13(14)16-11)19-7-6-18-9-10(2)3/h8,10H,4-7,9H2,1-3H3,(H3,14,15,16,17). The Bertz CT molecular complexity index is 372. The molecule has 6 heteroatoms. The first-order valence-electron chi connectivity index (χ1n) is 6.70. The Labute approximate surface area is 114 Å². The van der Waals surface area contributed by atoms with E-state index in [9.17, 15) is 0 Å². The summed E-state index contributed by atoms with van der Waals surface area (Å²) in [6, 6.07) is 1.74. The Morgan fingerprint density at radius 2 is 2.11 bits per heavy atom. The number of nitrogens with one attached hydrogen (secondary N) is 1. The van der Waals surface area contributed by atoms with Gasteiger partial charge < -0.3 is 20.5 Å². The number of rotatable bonds is 9. The molecule has 0 aromatic carbocycles. The molecule has 1 aromatic rings. The lowest BCUT2D eigenvalue weighted by Crippen LogP contribution is -2.12. The molecule has 0 saturated heterocycles. The van der Waals surface area contributed by atoms with Crippen LogP contribution in [0.4, 0.5) is 11.8 Å². The normalized spacial score (nSPS) is 10.7. The van der Waals surface area contributed by atoms with Gasteiger partial charge in [-0.15, -0.1) is 0 Å². The maximum absolute atomic E-state index is 5.63. The smallest absolute Gasteiger partial charge is 0.225 e. The fourth-order valence-electron chi connectivity index (χ4n) is 1.38. The molecule has 0 fully saturated rings. The first-order chi connectivity index (χ1) is 9.11. The SMILES string of the molecule is CCCNc1cc(OCCOCC(C)C)nc(N)n1. The fourth-order valence-corrected chi connectivity index (χ4v) is 1.38. The second-order valence-electron chi connectivity index (χ2n) is 4.69. The van der Waals surface area contributed by atoms with Crippen molar-refractivity contribution >= 4 is 11.8 Å². The molecule has 0 saturated carbocycles. The van der Waals surface area contributed by atoms with Crippen LogP contribution in [0.15, 0.2) is 6.07 Å². The van der Waals surface area contributed by atoms with Crippen LogP contribution in [0.1, 0.15) is 27.2 Å². The second-order valence-corrected chi connectivity index (χ2v) is 4.69. The highest BCUT2D eigenvalue weighted by Gasteiger charge is 2.03. The van der Waals surface area contributed by atoms with E-state index < -0.39 is 0 Å². The summed E-state index contributed by atoms with van der Waals surface area (Å²) in [6.45, 7) is 8.87. The van der Waals surface area contributed by atoms with Gasteiger partial charge in [0, 0.05) is 19.2 Å². The van der Waals surface area contributed by atoms with Gasteiger partial charge >= 0.3 is 0 Å². The number of nitrogens with zero attached hydrogens (tertiary/aromatic N) is 2. The molecular formula is C13H24N4O2. The minimum absolute atomic E-state index is 0.208. The number of hydrogen-bond donors (Lipinski definition) is 2. The van der Waals surface area contributed by atoms with Crippen molar-refractivity contribution in [2.24, 2.45) is 5.92 Å². The van der Waals surface area contributed by atoms with Crippen molar-refractivity contribution in [1.82, 2.24) is 9.97 Å². The Morgan fingerprint density at radius 3 is 2.79 bits per heavy atom. The van der Waals surface area contributed by atoms with Gasteiger partial charge in [0.25, 0.3) is 0 Å².